The van der Waals surface area contributed by atoms with E-state index in [1.54, 1.807) is 18.9 Å². The van der Waals surface area contributed by atoms with Crippen molar-refractivity contribution in [3.05, 3.63) is 15.8 Å². The molecule has 1 aliphatic rings. The third-order valence-corrected chi connectivity index (χ3v) is 2.51. The Morgan fingerprint density at radius 3 is 2.67 bits per heavy atom. The fourth-order valence-electron chi connectivity index (χ4n) is 1.83. The zero-order chi connectivity index (χ0) is 11.2. The Morgan fingerprint density at radius 2 is 2.20 bits per heavy atom. The van der Waals surface area contributed by atoms with Gasteiger partial charge >= 0.3 is 5.69 Å². The molecule has 1 aliphatic heterocycles. The number of rotatable bonds is 2. The molecule has 7 nitrogen and oxygen atoms in total. The number of anilines is 1. The van der Waals surface area contributed by atoms with Crippen molar-refractivity contribution in [1.82, 2.24) is 9.78 Å². The van der Waals surface area contributed by atoms with Crippen LogP contribution in [0.3, 0.4) is 0 Å². The van der Waals surface area contributed by atoms with Crippen LogP contribution in [0.15, 0.2) is 0 Å². The molecule has 2 rings (SSSR count). The van der Waals surface area contributed by atoms with Crippen molar-refractivity contribution in [2.45, 2.75) is 13.0 Å². The monoisotopic (exact) mass is 212 g/mol. The molecule has 0 aliphatic carbocycles. The Hall–Kier alpha value is -1.63. The predicted octanol–water partition coefficient (Wildman–Crippen LogP) is -0.182. The number of hydrogen-bond donors (Lipinski definition) is 1. The van der Waals surface area contributed by atoms with Crippen LogP contribution < -0.4 is 4.90 Å². The molecule has 0 unspecified atom stereocenters. The maximum atomic E-state index is 10.8. The number of aliphatic hydroxyl groups excluding tert-OH is 1. The van der Waals surface area contributed by atoms with Crippen LogP contribution in [-0.4, -0.2) is 39.0 Å². The number of β-amino-alcohol motifs (C(OH)–C–C–N with tert-alkyl or cyclic N) is 1. The van der Waals surface area contributed by atoms with Crippen molar-refractivity contribution in [3.63, 3.8) is 0 Å². The van der Waals surface area contributed by atoms with Crippen molar-refractivity contribution in [2.75, 3.05) is 18.0 Å². The maximum Gasteiger partial charge on any atom is 0.333 e. The molecule has 0 spiro atoms. The molecule has 1 fully saturated rings. The summed E-state index contributed by atoms with van der Waals surface area (Å²) >= 11 is 0. The van der Waals surface area contributed by atoms with E-state index < -0.39 is 4.92 Å². The topological polar surface area (TPSA) is 84.4 Å². The fourth-order valence-corrected chi connectivity index (χ4v) is 1.83. The van der Waals surface area contributed by atoms with E-state index in [9.17, 15) is 10.1 Å². The van der Waals surface area contributed by atoms with Gasteiger partial charge in [-0.3, -0.25) is 10.1 Å². The van der Waals surface area contributed by atoms with E-state index in [0.29, 0.717) is 24.6 Å². The highest BCUT2D eigenvalue weighted by Crippen LogP contribution is 2.33. The van der Waals surface area contributed by atoms with Gasteiger partial charge in [-0.1, -0.05) is 0 Å². The van der Waals surface area contributed by atoms with Gasteiger partial charge in [0.1, 0.15) is 5.69 Å². The summed E-state index contributed by atoms with van der Waals surface area (Å²) in [6, 6.07) is 0. The first-order chi connectivity index (χ1) is 7.00. The first-order valence-electron chi connectivity index (χ1n) is 4.61. The van der Waals surface area contributed by atoms with Crippen LogP contribution in [0.4, 0.5) is 11.5 Å². The van der Waals surface area contributed by atoms with E-state index in [1.807, 2.05) is 0 Å². The summed E-state index contributed by atoms with van der Waals surface area (Å²) in [7, 11) is 1.67. The lowest BCUT2D eigenvalue weighted by atomic mass is 10.1. The summed E-state index contributed by atoms with van der Waals surface area (Å²) in [6.07, 6.45) is -0.389. The third kappa shape index (κ3) is 1.44. The van der Waals surface area contributed by atoms with Crippen molar-refractivity contribution in [3.8, 4) is 0 Å². The molecule has 1 saturated heterocycles. The molecule has 82 valence electrons. The summed E-state index contributed by atoms with van der Waals surface area (Å²) < 4.78 is 1.49. The zero-order valence-electron chi connectivity index (χ0n) is 8.54. The van der Waals surface area contributed by atoms with Crippen LogP contribution in [0.1, 0.15) is 5.69 Å². The molecule has 0 bridgehead atoms. The molecule has 0 atom stereocenters. The molecular formula is C8H12N4O3. The third-order valence-electron chi connectivity index (χ3n) is 2.51. The molecule has 7 heteroatoms. The summed E-state index contributed by atoms with van der Waals surface area (Å²) in [6.45, 7) is 2.47. The highest BCUT2D eigenvalue weighted by Gasteiger charge is 2.34. The molecule has 1 aromatic rings. The fraction of sp³-hybridized carbons (Fsp3) is 0.625. The smallest absolute Gasteiger partial charge is 0.333 e. The van der Waals surface area contributed by atoms with Gasteiger partial charge in [0.25, 0.3) is 0 Å². The van der Waals surface area contributed by atoms with Crippen LogP contribution >= 0.6 is 0 Å². The molecule has 0 radical (unpaired) electrons. The van der Waals surface area contributed by atoms with Gasteiger partial charge in [-0.25, -0.2) is 4.68 Å². The number of aromatic nitrogens is 2. The highest BCUT2D eigenvalue weighted by molar-refractivity contribution is 5.62. The summed E-state index contributed by atoms with van der Waals surface area (Å²) in [5, 5.41) is 24.0. The van der Waals surface area contributed by atoms with Crippen molar-refractivity contribution < 1.29 is 10.0 Å². The molecule has 1 aromatic heterocycles. The van der Waals surface area contributed by atoms with Crippen molar-refractivity contribution in [1.29, 1.82) is 0 Å². The van der Waals surface area contributed by atoms with Gasteiger partial charge in [-0.15, -0.1) is 0 Å². The van der Waals surface area contributed by atoms with Gasteiger partial charge < -0.3 is 10.0 Å². The first kappa shape index (κ1) is 9.91. The minimum Gasteiger partial charge on any atom is -0.389 e. The van der Waals surface area contributed by atoms with Gasteiger partial charge in [0, 0.05) is 20.1 Å². The second-order valence-corrected chi connectivity index (χ2v) is 3.70. The highest BCUT2D eigenvalue weighted by atomic mass is 16.6. The van der Waals surface area contributed by atoms with Crippen LogP contribution in [0.5, 0.6) is 0 Å². The molecule has 0 amide bonds. The standard InChI is InChI=1S/C8H12N4O3/c1-5-7(12(14)15)8(10(2)9-5)11-3-6(13)4-11/h6,13H,3-4H2,1-2H3. The molecule has 15 heavy (non-hydrogen) atoms. The van der Waals surface area contributed by atoms with Gasteiger partial charge in [-0.2, -0.15) is 5.10 Å². The summed E-state index contributed by atoms with van der Waals surface area (Å²) in [4.78, 5) is 12.2. The van der Waals surface area contributed by atoms with Gasteiger partial charge in [-0.05, 0) is 6.92 Å². The van der Waals surface area contributed by atoms with Crippen molar-refractivity contribution >= 4 is 11.5 Å². The van der Waals surface area contributed by atoms with E-state index in [2.05, 4.69) is 5.10 Å². The quantitative estimate of drug-likeness (QED) is 0.543. The molecule has 0 saturated carbocycles. The zero-order valence-corrected chi connectivity index (χ0v) is 8.54. The summed E-state index contributed by atoms with van der Waals surface area (Å²) in [5.41, 5.74) is 0.434. The number of nitrogens with zero attached hydrogens (tertiary/aromatic N) is 4. The van der Waals surface area contributed by atoms with E-state index in [1.165, 1.54) is 4.68 Å². The SMILES string of the molecule is Cc1nn(C)c(N2CC(O)C2)c1[N+](=O)[O-]. The van der Waals surface area contributed by atoms with Gasteiger partial charge in [0.2, 0.25) is 5.82 Å². The van der Waals surface area contributed by atoms with Gasteiger partial charge in [0.15, 0.2) is 0 Å². The van der Waals surface area contributed by atoms with Gasteiger partial charge in [0.05, 0.1) is 11.0 Å². The minimum absolute atomic E-state index is 0.0319. The predicted molar refractivity (Wildman–Crippen MR) is 52.8 cm³/mol. The molecule has 2 heterocycles. The van der Waals surface area contributed by atoms with Crippen LogP contribution in [0.25, 0.3) is 0 Å². The van der Waals surface area contributed by atoms with Crippen LogP contribution in [-0.2, 0) is 7.05 Å². The Labute approximate surface area is 86.1 Å². The lowest BCUT2D eigenvalue weighted by molar-refractivity contribution is -0.384. The van der Waals surface area contributed by atoms with E-state index in [-0.39, 0.29) is 11.8 Å². The molecule has 1 N–H and O–H groups in total. The largest absolute Gasteiger partial charge is 0.389 e. The second kappa shape index (κ2) is 3.20. The summed E-state index contributed by atoms with van der Waals surface area (Å²) in [5.74, 6) is 0.475. The van der Waals surface area contributed by atoms with E-state index in [0.717, 1.165) is 0 Å². The Morgan fingerprint density at radius 1 is 1.60 bits per heavy atom. The lowest BCUT2D eigenvalue weighted by Gasteiger charge is -2.36. The average molecular weight is 212 g/mol. The number of aliphatic hydroxyl groups is 1. The average Bonchev–Trinajstić information content (AvgIpc) is 2.35. The maximum absolute atomic E-state index is 10.8. The number of nitro groups is 1. The molecule has 0 aromatic carbocycles. The molecular weight excluding hydrogens is 200 g/mol. The van der Waals surface area contributed by atoms with Crippen molar-refractivity contribution in [2.24, 2.45) is 7.05 Å². The Balaban J connectivity index is 2.41. The Kier molecular flexibility index (Phi) is 2.11. The van der Waals surface area contributed by atoms with Crippen LogP contribution in [0, 0.1) is 17.0 Å². The minimum atomic E-state index is -0.428. The number of hydrogen-bond acceptors (Lipinski definition) is 5. The van der Waals surface area contributed by atoms with E-state index in [4.69, 9.17) is 5.11 Å². The second-order valence-electron chi connectivity index (χ2n) is 3.70. The lowest BCUT2D eigenvalue weighted by Crippen LogP contribution is -2.51. The number of aryl methyl sites for hydroxylation is 2. The van der Waals surface area contributed by atoms with E-state index >= 15 is 0 Å². The first-order valence-corrected chi connectivity index (χ1v) is 4.61. The van der Waals surface area contributed by atoms with Crippen LogP contribution in [0.2, 0.25) is 0 Å². The Bertz CT molecular complexity index is 408. The normalized spacial score (nSPS) is 16.6.